The molecule has 1 N–H and O–H groups in total. The molecule has 72 valence electrons. The van der Waals surface area contributed by atoms with E-state index < -0.39 is 0 Å². The van der Waals surface area contributed by atoms with Gasteiger partial charge in [0.25, 0.3) is 0 Å². The van der Waals surface area contributed by atoms with Gasteiger partial charge in [0.1, 0.15) is 0 Å². The van der Waals surface area contributed by atoms with Gasteiger partial charge in [0.2, 0.25) is 5.91 Å². The van der Waals surface area contributed by atoms with Gasteiger partial charge in [0.05, 0.1) is 0 Å². The van der Waals surface area contributed by atoms with Crippen molar-refractivity contribution in [2.24, 2.45) is 17.3 Å². The van der Waals surface area contributed by atoms with Crippen LogP contribution in [0.3, 0.4) is 0 Å². The molecule has 0 aliphatic heterocycles. The summed E-state index contributed by atoms with van der Waals surface area (Å²) in [6.07, 6.45) is 0. The molecule has 0 heterocycles. The minimum absolute atomic E-state index is 0.000972. The lowest BCUT2D eigenvalue weighted by atomic mass is 9.74. The summed E-state index contributed by atoms with van der Waals surface area (Å²) < 4.78 is 2.41. The molecule has 3 heteroatoms. The topological polar surface area (TPSA) is 29.1 Å². The van der Waals surface area contributed by atoms with E-state index >= 15 is 0 Å². The van der Waals surface area contributed by atoms with Crippen molar-refractivity contribution in [1.82, 2.24) is 4.72 Å². The zero-order valence-corrected chi connectivity index (χ0v) is 9.40. The van der Waals surface area contributed by atoms with E-state index in [-0.39, 0.29) is 17.2 Å². The Morgan fingerprint density at radius 2 is 1.75 bits per heavy atom. The minimum Gasteiger partial charge on any atom is -0.302 e. The second-order valence-corrected chi connectivity index (χ2v) is 4.79. The number of hydrogen-bond donors (Lipinski definition) is 2. The van der Waals surface area contributed by atoms with Crippen LogP contribution in [-0.2, 0) is 4.79 Å². The molecule has 0 saturated carbocycles. The Morgan fingerprint density at radius 3 is 1.83 bits per heavy atom. The molecule has 0 bridgehead atoms. The van der Waals surface area contributed by atoms with E-state index in [2.05, 4.69) is 52.2 Å². The van der Waals surface area contributed by atoms with Gasteiger partial charge in [-0.3, -0.25) is 4.79 Å². The van der Waals surface area contributed by atoms with E-state index in [1.54, 1.807) is 0 Å². The molecule has 1 amide bonds. The first-order valence-electron chi connectivity index (χ1n) is 4.24. The van der Waals surface area contributed by atoms with Crippen molar-refractivity contribution >= 4 is 18.7 Å². The van der Waals surface area contributed by atoms with Crippen molar-refractivity contribution in [1.29, 1.82) is 0 Å². The molecule has 2 nitrogen and oxygen atoms in total. The van der Waals surface area contributed by atoms with Crippen molar-refractivity contribution in [2.75, 3.05) is 0 Å². The summed E-state index contributed by atoms with van der Waals surface area (Å²) >= 11 is 3.78. The van der Waals surface area contributed by atoms with E-state index in [0.29, 0.717) is 5.92 Å². The molecule has 0 saturated heterocycles. The first-order valence-corrected chi connectivity index (χ1v) is 4.69. The van der Waals surface area contributed by atoms with Crippen LogP contribution in [0.25, 0.3) is 0 Å². The summed E-state index contributed by atoms with van der Waals surface area (Å²) in [5, 5.41) is 0. The SMILES string of the molecule is CC(C)[C@H](C(=O)NS)C(C)(C)C. The van der Waals surface area contributed by atoms with Crippen LogP contribution >= 0.6 is 12.8 Å². The lowest BCUT2D eigenvalue weighted by Crippen LogP contribution is -2.37. The number of thiol groups is 1. The molecule has 1 atom stereocenters. The fraction of sp³-hybridized carbons (Fsp3) is 0.889. The van der Waals surface area contributed by atoms with Gasteiger partial charge in [0.15, 0.2) is 0 Å². The molecular formula is C9H19NOS. The molecule has 0 spiro atoms. The molecule has 0 aliphatic rings. The van der Waals surface area contributed by atoms with Gasteiger partial charge in [-0.15, -0.1) is 0 Å². The van der Waals surface area contributed by atoms with Crippen LogP contribution in [-0.4, -0.2) is 5.91 Å². The molecule has 0 fully saturated rings. The van der Waals surface area contributed by atoms with Gasteiger partial charge in [0, 0.05) is 5.92 Å². The Bertz CT molecular complexity index is 160. The highest BCUT2D eigenvalue weighted by atomic mass is 32.1. The highest BCUT2D eigenvalue weighted by molar-refractivity contribution is 7.78. The Labute approximate surface area is 80.7 Å². The molecule has 0 aromatic heterocycles. The van der Waals surface area contributed by atoms with Crippen molar-refractivity contribution in [3.05, 3.63) is 0 Å². The average molecular weight is 189 g/mol. The molecule has 0 radical (unpaired) electrons. The second kappa shape index (κ2) is 4.17. The predicted molar refractivity (Wildman–Crippen MR) is 54.9 cm³/mol. The fourth-order valence-corrected chi connectivity index (χ4v) is 1.90. The number of hydrogen-bond acceptors (Lipinski definition) is 2. The first-order chi connectivity index (χ1) is 5.30. The number of carbonyl (C=O) groups is 1. The largest absolute Gasteiger partial charge is 0.302 e. The maximum atomic E-state index is 11.4. The zero-order chi connectivity index (χ0) is 9.94. The summed E-state index contributed by atoms with van der Waals surface area (Å²) in [5.74, 6) is 0.382. The van der Waals surface area contributed by atoms with Crippen LogP contribution in [0.2, 0.25) is 0 Å². The maximum absolute atomic E-state index is 11.4. The summed E-state index contributed by atoms with van der Waals surface area (Å²) in [7, 11) is 0. The van der Waals surface area contributed by atoms with E-state index in [1.807, 2.05) is 0 Å². The van der Waals surface area contributed by atoms with Crippen LogP contribution in [0.4, 0.5) is 0 Å². The Hall–Kier alpha value is -0.180. The van der Waals surface area contributed by atoms with Crippen molar-refractivity contribution in [3.8, 4) is 0 Å². The highest BCUT2D eigenvalue weighted by Crippen LogP contribution is 2.32. The molecular weight excluding hydrogens is 170 g/mol. The Balaban J connectivity index is 4.56. The van der Waals surface area contributed by atoms with Crippen molar-refractivity contribution in [2.45, 2.75) is 34.6 Å². The quantitative estimate of drug-likeness (QED) is 0.641. The van der Waals surface area contributed by atoms with Gasteiger partial charge in [-0.1, -0.05) is 47.4 Å². The summed E-state index contributed by atoms with van der Waals surface area (Å²) in [4.78, 5) is 11.4. The van der Waals surface area contributed by atoms with Crippen molar-refractivity contribution in [3.63, 3.8) is 0 Å². The summed E-state index contributed by atoms with van der Waals surface area (Å²) in [6.45, 7) is 10.3. The molecule has 0 rings (SSSR count). The molecule has 0 aromatic rings. The molecule has 12 heavy (non-hydrogen) atoms. The highest BCUT2D eigenvalue weighted by Gasteiger charge is 2.33. The number of nitrogens with one attached hydrogen (secondary N) is 1. The summed E-state index contributed by atoms with van der Waals surface area (Å²) in [5.41, 5.74) is 0.000972. The predicted octanol–water partition coefficient (Wildman–Crippen LogP) is 2.27. The van der Waals surface area contributed by atoms with Crippen LogP contribution in [0, 0.1) is 17.3 Å². The number of carbonyl (C=O) groups excluding carboxylic acids is 1. The van der Waals surface area contributed by atoms with Crippen LogP contribution in [0.1, 0.15) is 34.6 Å². The van der Waals surface area contributed by atoms with E-state index in [1.165, 1.54) is 0 Å². The van der Waals surface area contributed by atoms with E-state index in [4.69, 9.17) is 0 Å². The Morgan fingerprint density at radius 1 is 1.33 bits per heavy atom. The van der Waals surface area contributed by atoms with Gasteiger partial charge < -0.3 is 4.72 Å². The van der Waals surface area contributed by atoms with Crippen LogP contribution in [0.15, 0.2) is 0 Å². The van der Waals surface area contributed by atoms with Crippen molar-refractivity contribution < 1.29 is 4.79 Å². The standard InChI is InChI=1S/C9H19NOS/c1-6(2)7(8(11)10-12)9(3,4)5/h6-7,12H,1-5H3,(H,10,11)/t7-/m1/s1. The zero-order valence-electron chi connectivity index (χ0n) is 8.51. The summed E-state index contributed by atoms with van der Waals surface area (Å²) in [6, 6.07) is 0. The minimum atomic E-state index is 0.000972. The van der Waals surface area contributed by atoms with E-state index in [0.717, 1.165) is 0 Å². The third-order valence-corrected chi connectivity index (χ3v) is 2.21. The lowest BCUT2D eigenvalue weighted by Gasteiger charge is -2.31. The van der Waals surface area contributed by atoms with Crippen LogP contribution < -0.4 is 4.72 Å². The van der Waals surface area contributed by atoms with Crippen LogP contribution in [0.5, 0.6) is 0 Å². The Kier molecular flexibility index (Phi) is 4.11. The molecule has 0 aromatic carbocycles. The van der Waals surface area contributed by atoms with Gasteiger partial charge >= 0.3 is 0 Å². The third-order valence-electron chi connectivity index (χ3n) is 1.99. The number of rotatable bonds is 2. The normalized spacial score (nSPS) is 14.6. The second-order valence-electron chi connectivity index (χ2n) is 4.56. The molecule has 0 unspecified atom stereocenters. The fourth-order valence-electron chi connectivity index (χ4n) is 1.77. The van der Waals surface area contributed by atoms with Gasteiger partial charge in [-0.2, -0.15) is 0 Å². The average Bonchev–Trinajstić information content (AvgIpc) is 1.83. The third kappa shape index (κ3) is 3.05. The van der Waals surface area contributed by atoms with Gasteiger partial charge in [-0.05, 0) is 11.3 Å². The van der Waals surface area contributed by atoms with Gasteiger partial charge in [-0.25, -0.2) is 0 Å². The first kappa shape index (κ1) is 11.8. The lowest BCUT2D eigenvalue weighted by molar-refractivity contribution is -0.128. The maximum Gasteiger partial charge on any atom is 0.233 e. The smallest absolute Gasteiger partial charge is 0.233 e. The monoisotopic (exact) mass is 189 g/mol. The number of amides is 1. The van der Waals surface area contributed by atoms with E-state index in [9.17, 15) is 4.79 Å². The molecule has 0 aliphatic carbocycles.